The second kappa shape index (κ2) is 7.86. The zero-order valence-corrected chi connectivity index (χ0v) is 20.8. The van der Waals surface area contributed by atoms with Crippen LogP contribution < -0.4 is 4.90 Å². The normalized spacial score (nSPS) is 28.9. The summed E-state index contributed by atoms with van der Waals surface area (Å²) in [5, 5.41) is 0. The molecular weight excluding hydrogens is 446 g/mol. The Hall–Kier alpha value is -3.79. The Labute approximate surface area is 211 Å². The van der Waals surface area contributed by atoms with E-state index in [2.05, 4.69) is 0 Å². The van der Waals surface area contributed by atoms with E-state index in [4.69, 9.17) is 0 Å². The molecule has 3 aromatic rings. The van der Waals surface area contributed by atoms with Crippen molar-refractivity contribution in [1.82, 2.24) is 0 Å². The molecule has 3 aliphatic rings. The molecule has 4 heteroatoms. The second-order valence-electron chi connectivity index (χ2n) is 10.2. The highest BCUT2D eigenvalue weighted by Gasteiger charge is 2.80. The molecule has 0 N–H and O–H groups in total. The summed E-state index contributed by atoms with van der Waals surface area (Å²) in [6, 6.07) is 27.4. The molecule has 0 unspecified atom stereocenters. The molecule has 180 valence electrons. The van der Waals surface area contributed by atoms with Crippen LogP contribution >= 0.6 is 0 Å². The van der Waals surface area contributed by atoms with Crippen molar-refractivity contribution in [2.45, 2.75) is 33.6 Å². The summed E-state index contributed by atoms with van der Waals surface area (Å²) in [5.41, 5.74) is 3.16. The lowest BCUT2D eigenvalue weighted by molar-refractivity contribution is -0.134. The number of ketones is 1. The van der Waals surface area contributed by atoms with E-state index in [0.717, 1.165) is 27.8 Å². The third kappa shape index (κ3) is 2.52. The molecule has 0 spiro atoms. The summed E-state index contributed by atoms with van der Waals surface area (Å²) in [6.45, 7) is 5.90. The van der Waals surface area contributed by atoms with Gasteiger partial charge in [-0.25, -0.2) is 4.90 Å². The molecule has 0 aromatic heterocycles. The fourth-order valence-corrected chi connectivity index (χ4v) is 7.51. The first-order valence-corrected chi connectivity index (χ1v) is 12.8. The average Bonchev–Trinajstić information content (AvgIpc) is 3.41. The maximum absolute atomic E-state index is 14.7. The summed E-state index contributed by atoms with van der Waals surface area (Å²) in [4.78, 5) is 44.6. The lowest BCUT2D eigenvalue weighted by atomic mass is 9.60. The van der Waals surface area contributed by atoms with E-state index in [1.807, 2.05) is 106 Å². The van der Waals surface area contributed by atoms with E-state index in [1.54, 1.807) is 0 Å². The number of anilines is 1. The first kappa shape index (κ1) is 22.7. The lowest BCUT2D eigenvalue weighted by Crippen LogP contribution is -2.42. The van der Waals surface area contributed by atoms with Crippen LogP contribution in [0.2, 0.25) is 0 Å². The monoisotopic (exact) mass is 475 g/mol. The van der Waals surface area contributed by atoms with Crippen molar-refractivity contribution in [3.8, 4) is 0 Å². The van der Waals surface area contributed by atoms with Crippen LogP contribution in [-0.4, -0.2) is 17.6 Å². The topological polar surface area (TPSA) is 54.5 Å². The highest BCUT2D eigenvalue weighted by molar-refractivity contribution is 6.34. The minimum Gasteiger partial charge on any atom is -0.298 e. The van der Waals surface area contributed by atoms with Gasteiger partial charge in [-0.05, 0) is 53.7 Å². The molecule has 4 atom stereocenters. The largest absolute Gasteiger partial charge is 0.298 e. The number of carbonyl (C=O) groups is 3. The maximum Gasteiger partial charge on any atom is 0.239 e. The summed E-state index contributed by atoms with van der Waals surface area (Å²) < 4.78 is 0. The van der Waals surface area contributed by atoms with Gasteiger partial charge in [-0.15, -0.1) is 0 Å². The van der Waals surface area contributed by atoms with Crippen LogP contribution in [0.5, 0.6) is 0 Å². The van der Waals surface area contributed by atoms with Gasteiger partial charge < -0.3 is 0 Å². The van der Waals surface area contributed by atoms with Gasteiger partial charge in [0, 0.05) is 0 Å². The molecule has 3 aromatic carbocycles. The predicted octanol–water partition coefficient (Wildman–Crippen LogP) is 6.10. The molecule has 1 saturated heterocycles. The van der Waals surface area contributed by atoms with E-state index in [0.29, 0.717) is 18.5 Å². The Bertz CT molecular complexity index is 1350. The highest BCUT2D eigenvalue weighted by Crippen LogP contribution is 2.75. The summed E-state index contributed by atoms with van der Waals surface area (Å²) in [6.07, 6.45) is 0.936. The molecule has 36 heavy (non-hydrogen) atoms. The first-order valence-electron chi connectivity index (χ1n) is 12.8. The number of para-hydroxylation sites is 1. The first-order chi connectivity index (χ1) is 17.4. The van der Waals surface area contributed by atoms with Gasteiger partial charge in [0.25, 0.3) is 0 Å². The quantitative estimate of drug-likeness (QED) is 0.419. The zero-order valence-electron chi connectivity index (χ0n) is 20.8. The van der Waals surface area contributed by atoms with Crippen molar-refractivity contribution in [2.24, 2.45) is 22.7 Å². The molecule has 2 fully saturated rings. The van der Waals surface area contributed by atoms with E-state index in [1.165, 1.54) is 4.90 Å². The smallest absolute Gasteiger partial charge is 0.239 e. The van der Waals surface area contributed by atoms with E-state index in [9.17, 15) is 14.4 Å². The van der Waals surface area contributed by atoms with E-state index >= 15 is 0 Å². The maximum atomic E-state index is 14.7. The summed E-state index contributed by atoms with van der Waals surface area (Å²) >= 11 is 0. The molecule has 1 aliphatic heterocycles. The van der Waals surface area contributed by atoms with Gasteiger partial charge in [0.1, 0.15) is 0 Å². The zero-order chi connectivity index (χ0) is 25.2. The molecule has 2 bridgehead atoms. The van der Waals surface area contributed by atoms with E-state index in [-0.39, 0.29) is 17.6 Å². The Morgan fingerprint density at radius 2 is 1.06 bits per heavy atom. The van der Waals surface area contributed by atoms with Gasteiger partial charge in [-0.2, -0.15) is 0 Å². The number of nitrogens with zero attached hydrogens (tertiary/aromatic N) is 1. The third-order valence-electron chi connectivity index (χ3n) is 8.92. The fraction of sp³-hybridized carbons (Fsp3) is 0.281. The number of allylic oxidation sites excluding steroid dienone is 2. The van der Waals surface area contributed by atoms with Crippen LogP contribution in [0.25, 0.3) is 11.1 Å². The van der Waals surface area contributed by atoms with Gasteiger partial charge in [0.2, 0.25) is 11.8 Å². The van der Waals surface area contributed by atoms with Crippen LogP contribution in [0, 0.1) is 29.6 Å². The lowest BCUT2D eigenvalue weighted by Gasteiger charge is -2.38. The van der Waals surface area contributed by atoms with Crippen LogP contribution in [0.15, 0.2) is 84.9 Å². The SMILES string of the molecule is CC[C@]12C(=O)[C@](CC)(C(c3ccccc3)=C1c1ccccc1)[C@H]1C(=O)N(c3ccccc3C)C(=O)[C@H]12. The second-order valence-corrected chi connectivity index (χ2v) is 10.2. The van der Waals surface area contributed by atoms with Gasteiger partial charge in [-0.3, -0.25) is 14.4 Å². The van der Waals surface area contributed by atoms with Crippen LogP contribution in [0.3, 0.4) is 0 Å². The van der Waals surface area contributed by atoms with Crippen LogP contribution in [0.4, 0.5) is 5.69 Å². The number of Topliss-reactive ketones (excluding diaryl/α,β-unsaturated/α-hetero) is 1. The number of imide groups is 1. The summed E-state index contributed by atoms with van der Waals surface area (Å²) in [7, 11) is 0. The number of aryl methyl sites for hydroxylation is 1. The molecule has 2 aliphatic carbocycles. The minimum absolute atomic E-state index is 0.0406. The Balaban J connectivity index is 1.69. The Morgan fingerprint density at radius 3 is 1.47 bits per heavy atom. The van der Waals surface area contributed by atoms with Crippen LogP contribution in [0.1, 0.15) is 43.4 Å². The Morgan fingerprint density at radius 1 is 0.639 bits per heavy atom. The molecule has 0 radical (unpaired) electrons. The van der Waals surface area contributed by atoms with Gasteiger partial charge in [0.05, 0.1) is 28.4 Å². The van der Waals surface area contributed by atoms with E-state index < -0.39 is 22.7 Å². The number of hydrogen-bond donors (Lipinski definition) is 0. The number of amides is 2. The predicted molar refractivity (Wildman–Crippen MR) is 141 cm³/mol. The number of benzene rings is 3. The van der Waals surface area contributed by atoms with Gasteiger partial charge in [-0.1, -0.05) is 92.7 Å². The van der Waals surface area contributed by atoms with Crippen molar-refractivity contribution >= 4 is 34.4 Å². The molecule has 1 saturated carbocycles. The number of carbonyl (C=O) groups excluding carboxylic acids is 3. The molecular formula is C32H29NO3. The van der Waals surface area contributed by atoms with Gasteiger partial charge >= 0.3 is 0 Å². The Kier molecular flexibility index (Phi) is 4.95. The minimum atomic E-state index is -1.04. The number of rotatable bonds is 5. The number of hydrogen-bond acceptors (Lipinski definition) is 3. The highest BCUT2D eigenvalue weighted by atomic mass is 16.2. The standard InChI is InChI=1S/C32H29NO3/c1-4-31-24(21-15-8-6-9-16-21)25(22-17-10-7-11-18-22)32(5-2,30(31)36)27-26(31)28(34)33(29(27)35)23-19-13-12-14-20(23)3/h6-19,26-27H,4-5H2,1-3H3/t26-,27+,31-,32+. The molecule has 6 rings (SSSR count). The number of fused-ring (bicyclic) bond motifs is 5. The molecule has 2 amide bonds. The van der Waals surface area contributed by atoms with Crippen molar-refractivity contribution in [2.75, 3.05) is 4.90 Å². The van der Waals surface area contributed by atoms with Gasteiger partial charge in [0.15, 0.2) is 5.78 Å². The van der Waals surface area contributed by atoms with Crippen LogP contribution in [-0.2, 0) is 14.4 Å². The fourth-order valence-electron chi connectivity index (χ4n) is 7.51. The van der Waals surface area contributed by atoms with Crippen molar-refractivity contribution in [3.05, 3.63) is 102 Å². The molecule has 1 heterocycles. The third-order valence-corrected chi connectivity index (χ3v) is 8.92. The summed E-state index contributed by atoms with van der Waals surface area (Å²) in [5.74, 6) is -1.86. The van der Waals surface area contributed by atoms with Crippen molar-refractivity contribution in [1.29, 1.82) is 0 Å². The average molecular weight is 476 g/mol. The molecule has 4 nitrogen and oxygen atoms in total. The van der Waals surface area contributed by atoms with Crippen molar-refractivity contribution in [3.63, 3.8) is 0 Å². The van der Waals surface area contributed by atoms with Crippen molar-refractivity contribution < 1.29 is 14.4 Å².